The molecule has 0 saturated heterocycles. The topological polar surface area (TPSA) is 125 Å². The minimum Gasteiger partial charge on any atom is -0.490 e. The molecule has 2 atom stereocenters. The van der Waals surface area contributed by atoms with Crippen LogP contribution in [0.4, 0.5) is 10.1 Å². The number of ether oxygens (including phenoxy) is 6. The van der Waals surface area contributed by atoms with Gasteiger partial charge in [-0.3, -0.25) is 4.79 Å². The molecule has 2 aliphatic heterocycles. The highest BCUT2D eigenvalue weighted by Gasteiger charge is 2.26. The van der Waals surface area contributed by atoms with Crippen LogP contribution in [0.3, 0.4) is 0 Å². The van der Waals surface area contributed by atoms with E-state index in [0.29, 0.717) is 52.7 Å². The van der Waals surface area contributed by atoms with Crippen molar-refractivity contribution in [2.45, 2.75) is 52.7 Å². The number of hydrogen-bond acceptors (Lipinski definition) is 9. The van der Waals surface area contributed by atoms with E-state index in [4.69, 9.17) is 28.4 Å². The molecule has 0 bridgehead atoms. The number of aliphatic hydroxyl groups excluding tert-OH is 2. The highest BCUT2D eigenvalue weighted by atomic mass is 19.1. The Hall–Kier alpha value is -4.22. The summed E-state index contributed by atoms with van der Waals surface area (Å²) in [6, 6.07) is 10.7. The Balaban J connectivity index is 1.47. The number of para-hydroxylation sites is 1. The molecular weight excluding hydrogens is 573 g/mol. The summed E-state index contributed by atoms with van der Waals surface area (Å²) < 4.78 is 49.4. The molecule has 3 aromatic carbocycles. The molecule has 3 aromatic rings. The monoisotopic (exact) mass is 611 g/mol. The maximum atomic E-state index is 15.5. The van der Waals surface area contributed by atoms with Crippen LogP contribution in [0.5, 0.6) is 34.5 Å². The molecule has 236 valence electrons. The van der Waals surface area contributed by atoms with Crippen LogP contribution in [0.15, 0.2) is 42.5 Å². The van der Waals surface area contributed by atoms with Crippen LogP contribution in [0, 0.1) is 17.7 Å². The quantitative estimate of drug-likeness (QED) is 0.221. The average Bonchev–Trinajstić information content (AvgIpc) is 3.63. The number of halogens is 1. The van der Waals surface area contributed by atoms with Crippen molar-refractivity contribution in [3.05, 3.63) is 53.8 Å². The SMILES string of the molecule is CC(C)C[C@@H](O)COc1cc2c(cc1C(=O)Nc1c(F)cccc1-c1cc3c(cc1OC[C@H](O)CC(C)C)OCO3)OCO2. The number of fused-ring (bicyclic) bond motifs is 2. The molecule has 0 spiro atoms. The van der Waals surface area contributed by atoms with Crippen LogP contribution in [-0.2, 0) is 0 Å². The van der Waals surface area contributed by atoms with E-state index in [1.165, 1.54) is 24.3 Å². The number of carbonyl (C=O) groups excluding carboxylic acids is 1. The van der Waals surface area contributed by atoms with Gasteiger partial charge in [-0.05, 0) is 36.8 Å². The molecule has 2 aliphatic rings. The van der Waals surface area contributed by atoms with Crippen LogP contribution >= 0.6 is 0 Å². The molecule has 2 heterocycles. The van der Waals surface area contributed by atoms with Gasteiger partial charge in [0.2, 0.25) is 13.6 Å². The van der Waals surface area contributed by atoms with Crippen molar-refractivity contribution in [2.24, 2.45) is 11.8 Å². The van der Waals surface area contributed by atoms with Gasteiger partial charge in [-0.25, -0.2) is 4.39 Å². The summed E-state index contributed by atoms with van der Waals surface area (Å²) in [4.78, 5) is 13.8. The smallest absolute Gasteiger partial charge is 0.259 e. The number of hydrogen-bond donors (Lipinski definition) is 3. The van der Waals surface area contributed by atoms with Gasteiger partial charge >= 0.3 is 0 Å². The van der Waals surface area contributed by atoms with Crippen LogP contribution in [0.1, 0.15) is 50.9 Å². The largest absolute Gasteiger partial charge is 0.490 e. The Morgan fingerprint density at radius 2 is 1.32 bits per heavy atom. The van der Waals surface area contributed by atoms with Crippen molar-refractivity contribution in [3.63, 3.8) is 0 Å². The second-order valence-electron chi connectivity index (χ2n) is 11.7. The van der Waals surface area contributed by atoms with Gasteiger partial charge in [0.15, 0.2) is 23.0 Å². The van der Waals surface area contributed by atoms with Gasteiger partial charge < -0.3 is 44.0 Å². The number of benzene rings is 3. The first-order valence-electron chi connectivity index (χ1n) is 14.7. The summed E-state index contributed by atoms with van der Waals surface area (Å²) in [6.45, 7) is 7.92. The summed E-state index contributed by atoms with van der Waals surface area (Å²) in [7, 11) is 0. The van der Waals surface area contributed by atoms with E-state index in [-0.39, 0.29) is 55.6 Å². The molecule has 0 aromatic heterocycles. The molecule has 0 saturated carbocycles. The Kier molecular flexibility index (Phi) is 9.65. The first-order valence-corrected chi connectivity index (χ1v) is 14.7. The minimum atomic E-state index is -0.752. The van der Waals surface area contributed by atoms with E-state index >= 15 is 4.39 Å². The molecule has 0 radical (unpaired) electrons. The number of rotatable bonds is 13. The lowest BCUT2D eigenvalue weighted by atomic mass is 10.0. The molecular formula is C33H38FNO9. The summed E-state index contributed by atoms with van der Waals surface area (Å²) in [6.07, 6.45) is -0.421. The van der Waals surface area contributed by atoms with Gasteiger partial charge in [0.05, 0.1) is 23.5 Å². The van der Waals surface area contributed by atoms with E-state index in [2.05, 4.69) is 5.32 Å². The normalized spacial score (nSPS) is 14.6. The third-order valence-electron chi connectivity index (χ3n) is 7.09. The highest BCUT2D eigenvalue weighted by Crippen LogP contribution is 2.45. The van der Waals surface area contributed by atoms with Crippen LogP contribution < -0.4 is 33.7 Å². The molecule has 1 amide bonds. The molecule has 11 heteroatoms. The Bertz CT molecular complexity index is 1490. The van der Waals surface area contributed by atoms with Gasteiger partial charge in [-0.2, -0.15) is 0 Å². The number of carbonyl (C=O) groups is 1. The summed E-state index contributed by atoms with van der Waals surface area (Å²) >= 11 is 0. The van der Waals surface area contributed by atoms with Crippen molar-refractivity contribution in [3.8, 4) is 45.6 Å². The van der Waals surface area contributed by atoms with Gasteiger partial charge in [-0.15, -0.1) is 0 Å². The fourth-order valence-corrected chi connectivity index (χ4v) is 5.13. The van der Waals surface area contributed by atoms with Gasteiger partial charge in [0.25, 0.3) is 5.91 Å². The van der Waals surface area contributed by atoms with Gasteiger partial charge in [-0.1, -0.05) is 39.8 Å². The summed E-state index contributed by atoms with van der Waals surface area (Å²) in [5, 5.41) is 23.5. The maximum Gasteiger partial charge on any atom is 0.259 e. The summed E-state index contributed by atoms with van der Waals surface area (Å²) in [5.41, 5.74) is 0.715. The van der Waals surface area contributed by atoms with E-state index in [0.717, 1.165) is 0 Å². The first-order chi connectivity index (χ1) is 21.1. The average molecular weight is 612 g/mol. The Morgan fingerprint density at radius 1 is 0.795 bits per heavy atom. The predicted octanol–water partition coefficient (Wildman–Crippen LogP) is 5.77. The second kappa shape index (κ2) is 13.6. The van der Waals surface area contributed by atoms with E-state index in [1.807, 2.05) is 27.7 Å². The zero-order valence-corrected chi connectivity index (χ0v) is 25.2. The lowest BCUT2D eigenvalue weighted by Crippen LogP contribution is -2.21. The molecule has 0 aliphatic carbocycles. The number of amides is 1. The van der Waals surface area contributed by atoms with Crippen molar-refractivity contribution in [1.29, 1.82) is 0 Å². The molecule has 44 heavy (non-hydrogen) atoms. The predicted molar refractivity (Wildman–Crippen MR) is 160 cm³/mol. The van der Waals surface area contributed by atoms with E-state index < -0.39 is 23.9 Å². The molecule has 5 rings (SSSR count). The van der Waals surface area contributed by atoms with Gasteiger partial charge in [0.1, 0.15) is 30.5 Å². The Labute approximate surface area is 255 Å². The van der Waals surface area contributed by atoms with Crippen LogP contribution in [-0.4, -0.2) is 55.1 Å². The van der Waals surface area contributed by atoms with Crippen molar-refractivity contribution < 1.29 is 47.8 Å². The standard InChI is InChI=1S/C33H38FNO9/c1-18(2)8-20(36)14-39-26-12-30-28(41-16-43-30)10-23(26)22-6-5-7-25(34)32(22)35-33(38)24-11-29-31(44-17-42-29)13-27(24)40-15-21(37)9-19(3)4/h5-7,10-13,18-21,36-37H,8-9,14-17H2,1-4H3,(H,35,38)/t20-,21-/m1/s1. The van der Waals surface area contributed by atoms with Crippen molar-refractivity contribution in [1.82, 2.24) is 0 Å². The number of aliphatic hydroxyl groups is 2. The van der Waals surface area contributed by atoms with E-state index in [9.17, 15) is 15.0 Å². The highest BCUT2D eigenvalue weighted by molar-refractivity contribution is 6.08. The van der Waals surface area contributed by atoms with Crippen molar-refractivity contribution in [2.75, 3.05) is 32.1 Å². The second-order valence-corrected chi connectivity index (χ2v) is 11.7. The lowest BCUT2D eigenvalue weighted by molar-refractivity contribution is 0.0870. The van der Waals surface area contributed by atoms with Gasteiger partial charge in [0, 0.05) is 29.3 Å². The van der Waals surface area contributed by atoms with E-state index in [1.54, 1.807) is 18.2 Å². The molecule has 0 unspecified atom stereocenters. The summed E-state index contributed by atoms with van der Waals surface area (Å²) in [5.74, 6) is 1.24. The molecule has 10 nitrogen and oxygen atoms in total. The lowest BCUT2D eigenvalue weighted by Gasteiger charge is -2.20. The first kappa shape index (κ1) is 31.2. The Morgan fingerprint density at radius 3 is 1.91 bits per heavy atom. The number of anilines is 1. The van der Waals surface area contributed by atoms with Crippen LogP contribution in [0.2, 0.25) is 0 Å². The van der Waals surface area contributed by atoms with Crippen molar-refractivity contribution >= 4 is 11.6 Å². The minimum absolute atomic E-state index is 0.00237. The molecule has 0 fully saturated rings. The zero-order chi connectivity index (χ0) is 31.4. The zero-order valence-electron chi connectivity index (χ0n) is 25.2. The fraction of sp³-hybridized carbons (Fsp3) is 0.424. The maximum absolute atomic E-state index is 15.5. The third kappa shape index (κ3) is 7.28. The van der Waals surface area contributed by atoms with Crippen LogP contribution in [0.25, 0.3) is 11.1 Å². The third-order valence-corrected chi connectivity index (χ3v) is 7.09. The number of nitrogens with one attached hydrogen (secondary N) is 1. The fourth-order valence-electron chi connectivity index (χ4n) is 5.13. The molecule has 3 N–H and O–H groups in total.